The zero-order chi connectivity index (χ0) is 18.8. The van der Waals surface area contributed by atoms with Crippen LogP contribution in [0.4, 0.5) is 5.69 Å². The lowest BCUT2D eigenvalue weighted by Gasteiger charge is -2.20. The molecule has 1 heterocycles. The standard InChI is InChI=1S/C22H15N3OS/c1-25(22(26)15-8-3-2-4-9-15)18-12-7-10-16(14-23)20(18)21-24-17-11-5-6-13-19(17)27-21/h2-13H,1H3. The highest BCUT2D eigenvalue weighted by molar-refractivity contribution is 7.21. The maximum Gasteiger partial charge on any atom is 0.258 e. The summed E-state index contributed by atoms with van der Waals surface area (Å²) >= 11 is 1.52. The van der Waals surface area contributed by atoms with Crippen LogP contribution in [0.3, 0.4) is 0 Å². The fourth-order valence-electron chi connectivity index (χ4n) is 3.00. The van der Waals surface area contributed by atoms with Gasteiger partial charge in [-0.2, -0.15) is 5.26 Å². The molecule has 0 unspecified atom stereocenters. The van der Waals surface area contributed by atoms with Crippen molar-refractivity contribution in [1.82, 2.24) is 4.98 Å². The van der Waals surface area contributed by atoms with E-state index in [1.807, 2.05) is 48.5 Å². The molecule has 0 fully saturated rings. The predicted molar refractivity (Wildman–Crippen MR) is 109 cm³/mol. The maximum atomic E-state index is 12.9. The van der Waals surface area contributed by atoms with Gasteiger partial charge in [0.15, 0.2) is 0 Å². The zero-order valence-electron chi connectivity index (χ0n) is 14.6. The first-order valence-electron chi connectivity index (χ1n) is 8.41. The van der Waals surface area contributed by atoms with Gasteiger partial charge in [-0.1, -0.05) is 36.4 Å². The first-order valence-corrected chi connectivity index (χ1v) is 9.23. The molecule has 4 nitrogen and oxygen atoms in total. The quantitative estimate of drug-likeness (QED) is 0.504. The highest BCUT2D eigenvalue weighted by Crippen LogP contribution is 2.38. The van der Waals surface area contributed by atoms with Gasteiger partial charge in [-0.05, 0) is 36.4 Å². The third-order valence-electron chi connectivity index (χ3n) is 4.36. The minimum Gasteiger partial charge on any atom is -0.311 e. The van der Waals surface area contributed by atoms with E-state index in [1.165, 1.54) is 11.3 Å². The summed E-state index contributed by atoms with van der Waals surface area (Å²) < 4.78 is 1.04. The van der Waals surface area contributed by atoms with Crippen molar-refractivity contribution >= 4 is 33.1 Å². The van der Waals surface area contributed by atoms with E-state index in [-0.39, 0.29) is 5.91 Å². The van der Waals surface area contributed by atoms with Crippen molar-refractivity contribution in [3.8, 4) is 16.6 Å². The van der Waals surface area contributed by atoms with Crippen molar-refractivity contribution in [2.75, 3.05) is 11.9 Å². The summed E-state index contributed by atoms with van der Waals surface area (Å²) in [6.07, 6.45) is 0. The van der Waals surface area contributed by atoms with E-state index in [4.69, 9.17) is 4.98 Å². The maximum absolute atomic E-state index is 12.9. The number of fused-ring (bicyclic) bond motifs is 1. The predicted octanol–water partition coefficient (Wildman–Crippen LogP) is 5.11. The summed E-state index contributed by atoms with van der Waals surface area (Å²) in [5.74, 6) is -0.131. The number of amides is 1. The van der Waals surface area contributed by atoms with Gasteiger partial charge in [0, 0.05) is 12.6 Å². The lowest BCUT2D eigenvalue weighted by atomic mass is 10.0. The van der Waals surface area contributed by atoms with Crippen molar-refractivity contribution in [2.45, 2.75) is 0 Å². The van der Waals surface area contributed by atoms with Crippen molar-refractivity contribution in [1.29, 1.82) is 5.26 Å². The first kappa shape index (κ1) is 17.0. The molecule has 0 saturated heterocycles. The van der Waals surface area contributed by atoms with E-state index in [0.29, 0.717) is 22.4 Å². The first-order chi connectivity index (χ1) is 13.2. The van der Waals surface area contributed by atoms with Gasteiger partial charge >= 0.3 is 0 Å². The minimum atomic E-state index is -0.131. The van der Waals surface area contributed by atoms with Gasteiger partial charge in [-0.3, -0.25) is 4.79 Å². The Morgan fingerprint density at radius 3 is 2.48 bits per heavy atom. The van der Waals surface area contributed by atoms with Crippen molar-refractivity contribution in [3.05, 3.63) is 83.9 Å². The van der Waals surface area contributed by atoms with Crippen LogP contribution in [-0.2, 0) is 0 Å². The molecule has 0 saturated carbocycles. The van der Waals surface area contributed by atoms with Crippen LogP contribution in [-0.4, -0.2) is 17.9 Å². The molecule has 0 N–H and O–H groups in total. The summed E-state index contributed by atoms with van der Waals surface area (Å²) in [7, 11) is 1.72. The molecule has 4 aromatic rings. The second-order valence-corrected chi connectivity index (χ2v) is 7.06. The monoisotopic (exact) mass is 369 g/mol. The largest absolute Gasteiger partial charge is 0.311 e. The fraction of sp³-hybridized carbons (Fsp3) is 0.0455. The number of benzene rings is 3. The van der Waals surface area contributed by atoms with Crippen LogP contribution in [0.2, 0.25) is 0 Å². The van der Waals surface area contributed by atoms with E-state index in [0.717, 1.165) is 15.2 Å². The van der Waals surface area contributed by atoms with Crippen molar-refractivity contribution < 1.29 is 4.79 Å². The Balaban J connectivity index is 1.87. The molecule has 0 radical (unpaired) electrons. The topological polar surface area (TPSA) is 57.0 Å². The number of nitriles is 1. The third-order valence-corrected chi connectivity index (χ3v) is 5.41. The van der Waals surface area contributed by atoms with Gasteiger partial charge in [0.05, 0.1) is 33.1 Å². The lowest BCUT2D eigenvalue weighted by Crippen LogP contribution is -2.26. The Morgan fingerprint density at radius 2 is 1.74 bits per heavy atom. The van der Waals surface area contributed by atoms with Gasteiger partial charge in [0.25, 0.3) is 5.91 Å². The minimum absolute atomic E-state index is 0.131. The summed E-state index contributed by atoms with van der Waals surface area (Å²) in [4.78, 5) is 19.2. The van der Waals surface area contributed by atoms with Crippen LogP contribution in [0.5, 0.6) is 0 Å². The summed E-state index contributed by atoms with van der Waals surface area (Å²) in [5, 5.41) is 10.4. The molecular weight excluding hydrogens is 354 g/mol. The Morgan fingerprint density at radius 1 is 1.00 bits per heavy atom. The number of rotatable bonds is 3. The molecule has 27 heavy (non-hydrogen) atoms. The zero-order valence-corrected chi connectivity index (χ0v) is 15.4. The molecule has 5 heteroatoms. The molecule has 3 aromatic carbocycles. The molecule has 0 aliphatic heterocycles. The molecule has 0 aliphatic rings. The third kappa shape index (κ3) is 3.07. The number of carbonyl (C=O) groups excluding carboxylic acids is 1. The van der Waals surface area contributed by atoms with Crippen LogP contribution in [0.1, 0.15) is 15.9 Å². The number of nitrogens with zero attached hydrogens (tertiary/aromatic N) is 3. The van der Waals surface area contributed by atoms with E-state index in [2.05, 4.69) is 6.07 Å². The van der Waals surface area contributed by atoms with Crippen LogP contribution in [0.25, 0.3) is 20.8 Å². The average molecular weight is 369 g/mol. The van der Waals surface area contributed by atoms with E-state index in [9.17, 15) is 10.1 Å². The van der Waals surface area contributed by atoms with Crippen LogP contribution in [0.15, 0.2) is 72.8 Å². The van der Waals surface area contributed by atoms with Crippen LogP contribution < -0.4 is 4.90 Å². The molecule has 1 amide bonds. The molecule has 130 valence electrons. The molecule has 0 atom stereocenters. The van der Waals surface area contributed by atoms with Crippen molar-refractivity contribution in [2.24, 2.45) is 0 Å². The summed E-state index contributed by atoms with van der Waals surface area (Å²) in [5.41, 5.74) is 3.33. The highest BCUT2D eigenvalue weighted by Gasteiger charge is 2.21. The smallest absolute Gasteiger partial charge is 0.258 e. The Bertz CT molecular complexity index is 1140. The normalized spacial score (nSPS) is 10.5. The number of para-hydroxylation sites is 1. The summed E-state index contributed by atoms with van der Waals surface area (Å²) in [6.45, 7) is 0. The number of carbonyl (C=O) groups is 1. The van der Waals surface area contributed by atoms with Gasteiger partial charge in [-0.25, -0.2) is 4.98 Å². The molecule has 0 bridgehead atoms. The average Bonchev–Trinajstić information content (AvgIpc) is 3.16. The van der Waals surface area contributed by atoms with Crippen LogP contribution >= 0.6 is 11.3 Å². The van der Waals surface area contributed by atoms with Crippen LogP contribution in [0, 0.1) is 11.3 Å². The highest BCUT2D eigenvalue weighted by atomic mass is 32.1. The molecule has 0 aliphatic carbocycles. The SMILES string of the molecule is CN(C(=O)c1ccccc1)c1cccc(C#N)c1-c1nc2ccccc2s1. The Labute approximate surface area is 160 Å². The van der Waals surface area contributed by atoms with Gasteiger partial charge < -0.3 is 4.90 Å². The molecule has 4 rings (SSSR count). The second-order valence-electron chi connectivity index (χ2n) is 6.03. The number of aromatic nitrogens is 1. The van der Waals surface area contributed by atoms with Gasteiger partial charge in [0.1, 0.15) is 5.01 Å². The molecular formula is C22H15N3OS. The molecule has 1 aromatic heterocycles. The van der Waals surface area contributed by atoms with E-state index < -0.39 is 0 Å². The van der Waals surface area contributed by atoms with E-state index in [1.54, 1.807) is 36.2 Å². The number of hydrogen-bond donors (Lipinski definition) is 0. The van der Waals surface area contributed by atoms with Gasteiger partial charge in [-0.15, -0.1) is 11.3 Å². The number of hydrogen-bond acceptors (Lipinski definition) is 4. The number of anilines is 1. The van der Waals surface area contributed by atoms with Crippen molar-refractivity contribution in [3.63, 3.8) is 0 Å². The Hall–Kier alpha value is -3.49. The summed E-state index contributed by atoms with van der Waals surface area (Å²) in [6, 6.07) is 24.6. The van der Waals surface area contributed by atoms with Gasteiger partial charge in [0.2, 0.25) is 0 Å². The Kier molecular flexibility index (Phi) is 4.41. The lowest BCUT2D eigenvalue weighted by molar-refractivity contribution is 0.0993. The second kappa shape index (κ2) is 7.02. The van der Waals surface area contributed by atoms with E-state index >= 15 is 0 Å². The fourth-order valence-corrected chi connectivity index (χ4v) is 4.03. The molecule has 0 spiro atoms. The number of thiazole rings is 1.